The number of aliphatic hydroxyl groups excluding tert-OH is 1. The van der Waals surface area contributed by atoms with Crippen LogP contribution in [0.4, 0.5) is 0 Å². The molecule has 1 saturated carbocycles. The summed E-state index contributed by atoms with van der Waals surface area (Å²) in [5, 5.41) is 11.1. The van der Waals surface area contributed by atoms with Gasteiger partial charge in [-0.05, 0) is 24.8 Å². The molecule has 1 aromatic carbocycles. The highest BCUT2D eigenvalue weighted by molar-refractivity contribution is 5.73. The standard InChI is InChI=1S/C20H23N3O2/c1-13(24)22-8-6-20(7-9-22)10-16(19(20)25)18-15-5-3-2-4-14(15)17-11-21-12-23(17)18/h2-5,11-12,16,18-19,25H,6-10H2,1H3. The van der Waals surface area contributed by atoms with Crippen molar-refractivity contribution >= 4 is 5.91 Å². The van der Waals surface area contributed by atoms with Gasteiger partial charge in [0.05, 0.1) is 30.4 Å². The third kappa shape index (κ3) is 1.99. The summed E-state index contributed by atoms with van der Waals surface area (Å²) < 4.78 is 2.23. The Hall–Kier alpha value is -2.14. The lowest BCUT2D eigenvalue weighted by Gasteiger charge is -2.57. The van der Waals surface area contributed by atoms with E-state index in [9.17, 15) is 9.90 Å². The topological polar surface area (TPSA) is 58.4 Å². The number of amides is 1. The number of aliphatic hydroxyl groups is 1. The smallest absolute Gasteiger partial charge is 0.219 e. The molecule has 3 heterocycles. The highest BCUT2D eigenvalue weighted by Gasteiger charge is 2.57. The van der Waals surface area contributed by atoms with Crippen molar-refractivity contribution in [3.8, 4) is 11.3 Å². The van der Waals surface area contributed by atoms with E-state index in [1.54, 1.807) is 6.92 Å². The Morgan fingerprint density at radius 1 is 1.28 bits per heavy atom. The number of carbonyl (C=O) groups is 1. The molecule has 1 aliphatic carbocycles. The Balaban J connectivity index is 1.41. The first-order valence-corrected chi connectivity index (χ1v) is 9.15. The van der Waals surface area contributed by atoms with Crippen LogP contribution in [0.3, 0.4) is 0 Å². The van der Waals surface area contributed by atoms with Gasteiger partial charge in [-0.1, -0.05) is 24.3 Å². The fraction of sp³-hybridized carbons (Fsp3) is 0.500. The van der Waals surface area contributed by atoms with Gasteiger partial charge in [0.25, 0.3) is 0 Å². The maximum atomic E-state index is 11.6. The third-order valence-corrected chi connectivity index (χ3v) is 6.81. The fourth-order valence-corrected chi connectivity index (χ4v) is 5.36. The number of benzene rings is 1. The molecule has 0 radical (unpaired) electrons. The monoisotopic (exact) mass is 337 g/mol. The molecule has 1 amide bonds. The van der Waals surface area contributed by atoms with Gasteiger partial charge in [0, 0.05) is 36.9 Å². The molecule has 1 aromatic heterocycles. The van der Waals surface area contributed by atoms with Crippen molar-refractivity contribution in [2.45, 2.75) is 38.3 Å². The van der Waals surface area contributed by atoms with E-state index in [-0.39, 0.29) is 29.4 Å². The van der Waals surface area contributed by atoms with Crippen molar-refractivity contribution in [2.24, 2.45) is 11.3 Å². The molecule has 2 aliphatic heterocycles. The van der Waals surface area contributed by atoms with E-state index in [1.165, 1.54) is 11.1 Å². The van der Waals surface area contributed by atoms with Crippen LogP contribution >= 0.6 is 0 Å². The van der Waals surface area contributed by atoms with Gasteiger partial charge in [-0.3, -0.25) is 4.79 Å². The zero-order valence-corrected chi connectivity index (χ0v) is 14.4. The van der Waals surface area contributed by atoms with Crippen LogP contribution in [-0.2, 0) is 4.79 Å². The Morgan fingerprint density at radius 3 is 2.76 bits per heavy atom. The number of imidazole rings is 1. The van der Waals surface area contributed by atoms with Gasteiger partial charge in [0.15, 0.2) is 0 Å². The van der Waals surface area contributed by atoms with Crippen molar-refractivity contribution < 1.29 is 9.90 Å². The number of rotatable bonds is 1. The van der Waals surface area contributed by atoms with Crippen molar-refractivity contribution in [3.05, 3.63) is 42.4 Å². The summed E-state index contributed by atoms with van der Waals surface area (Å²) in [7, 11) is 0. The van der Waals surface area contributed by atoms with Gasteiger partial charge >= 0.3 is 0 Å². The zero-order chi connectivity index (χ0) is 17.2. The second-order valence-corrected chi connectivity index (χ2v) is 7.90. The Labute approximate surface area is 147 Å². The van der Waals surface area contributed by atoms with Crippen LogP contribution in [0.2, 0.25) is 0 Å². The summed E-state index contributed by atoms with van der Waals surface area (Å²) >= 11 is 0. The highest BCUT2D eigenvalue weighted by Crippen LogP contribution is 2.59. The van der Waals surface area contributed by atoms with E-state index in [4.69, 9.17) is 0 Å². The molecule has 1 spiro atoms. The van der Waals surface area contributed by atoms with Crippen LogP contribution in [-0.4, -0.2) is 44.7 Å². The number of fused-ring (bicyclic) bond motifs is 3. The Bertz CT molecular complexity index is 835. The number of carbonyl (C=O) groups excluding carboxylic acids is 1. The number of piperidine rings is 1. The number of nitrogens with zero attached hydrogens (tertiary/aromatic N) is 3. The van der Waals surface area contributed by atoms with Crippen LogP contribution in [0.25, 0.3) is 11.3 Å². The zero-order valence-electron chi connectivity index (χ0n) is 14.4. The molecular formula is C20H23N3O2. The van der Waals surface area contributed by atoms with Gasteiger partial charge in [-0.25, -0.2) is 4.98 Å². The quantitative estimate of drug-likeness (QED) is 0.870. The third-order valence-electron chi connectivity index (χ3n) is 6.81. The minimum atomic E-state index is -0.312. The Kier molecular flexibility index (Phi) is 3.14. The summed E-state index contributed by atoms with van der Waals surface area (Å²) in [5.41, 5.74) is 3.69. The predicted octanol–water partition coefficient (Wildman–Crippen LogP) is 2.46. The molecular weight excluding hydrogens is 314 g/mol. The van der Waals surface area contributed by atoms with E-state index in [0.29, 0.717) is 0 Å². The van der Waals surface area contributed by atoms with Crippen molar-refractivity contribution in [3.63, 3.8) is 0 Å². The van der Waals surface area contributed by atoms with Crippen molar-refractivity contribution in [1.82, 2.24) is 14.5 Å². The van der Waals surface area contributed by atoms with Crippen LogP contribution in [0.5, 0.6) is 0 Å². The molecule has 5 heteroatoms. The summed E-state index contributed by atoms with van der Waals surface area (Å²) in [4.78, 5) is 17.8. The van der Waals surface area contributed by atoms with Crippen LogP contribution in [0.15, 0.2) is 36.8 Å². The Morgan fingerprint density at radius 2 is 2.04 bits per heavy atom. The SMILES string of the molecule is CC(=O)N1CCC2(CC1)CC(C1c3ccccc3-c3cncn31)C2O. The molecule has 3 atom stereocenters. The lowest BCUT2D eigenvalue weighted by atomic mass is 9.53. The van der Waals surface area contributed by atoms with Crippen LogP contribution in [0, 0.1) is 11.3 Å². The lowest BCUT2D eigenvalue weighted by molar-refractivity contribution is -0.163. The molecule has 0 bridgehead atoms. The van der Waals surface area contributed by atoms with E-state index in [1.807, 2.05) is 17.4 Å². The summed E-state index contributed by atoms with van der Waals surface area (Å²) in [5.74, 6) is 0.369. The highest BCUT2D eigenvalue weighted by atomic mass is 16.3. The molecule has 25 heavy (non-hydrogen) atoms. The largest absolute Gasteiger partial charge is 0.392 e. The number of aromatic nitrogens is 2. The molecule has 130 valence electrons. The van der Waals surface area contributed by atoms with E-state index < -0.39 is 0 Å². The molecule has 3 unspecified atom stereocenters. The van der Waals surface area contributed by atoms with Crippen LogP contribution < -0.4 is 0 Å². The van der Waals surface area contributed by atoms with Crippen molar-refractivity contribution in [1.29, 1.82) is 0 Å². The summed E-state index contributed by atoms with van der Waals surface area (Å²) in [6, 6.07) is 8.66. The molecule has 5 nitrogen and oxygen atoms in total. The van der Waals surface area contributed by atoms with Gasteiger partial charge in [0.1, 0.15) is 0 Å². The summed E-state index contributed by atoms with van der Waals surface area (Å²) in [6.07, 6.45) is 6.36. The normalized spacial score (nSPS) is 29.2. The molecule has 3 aliphatic rings. The molecule has 5 rings (SSSR count). The molecule has 2 aromatic rings. The molecule has 1 N–H and O–H groups in total. The molecule has 2 fully saturated rings. The average molecular weight is 337 g/mol. The minimum Gasteiger partial charge on any atom is -0.392 e. The minimum absolute atomic E-state index is 0.00506. The van der Waals surface area contributed by atoms with E-state index >= 15 is 0 Å². The van der Waals surface area contributed by atoms with Crippen molar-refractivity contribution in [2.75, 3.05) is 13.1 Å². The second-order valence-electron chi connectivity index (χ2n) is 7.90. The van der Waals surface area contributed by atoms with E-state index in [0.717, 1.165) is 38.0 Å². The van der Waals surface area contributed by atoms with Gasteiger partial charge < -0.3 is 14.6 Å². The first-order valence-electron chi connectivity index (χ1n) is 9.15. The van der Waals surface area contributed by atoms with Gasteiger partial charge in [-0.2, -0.15) is 0 Å². The first-order chi connectivity index (χ1) is 12.1. The second kappa shape index (κ2) is 5.18. The predicted molar refractivity (Wildman–Crippen MR) is 93.8 cm³/mol. The fourth-order valence-electron chi connectivity index (χ4n) is 5.36. The van der Waals surface area contributed by atoms with E-state index in [2.05, 4.69) is 33.8 Å². The maximum absolute atomic E-state index is 11.6. The number of likely N-dealkylation sites (tertiary alicyclic amines) is 1. The maximum Gasteiger partial charge on any atom is 0.219 e. The number of hydrogen-bond acceptors (Lipinski definition) is 3. The van der Waals surface area contributed by atoms with Crippen LogP contribution in [0.1, 0.15) is 37.8 Å². The number of hydrogen-bond donors (Lipinski definition) is 1. The first kappa shape index (κ1) is 15.1. The molecule has 1 saturated heterocycles. The summed E-state index contributed by atoms with van der Waals surface area (Å²) in [6.45, 7) is 3.18. The average Bonchev–Trinajstić information content (AvgIpc) is 3.21. The van der Waals surface area contributed by atoms with Gasteiger partial charge in [-0.15, -0.1) is 0 Å². The lowest BCUT2D eigenvalue weighted by Crippen LogP contribution is -2.59. The van der Waals surface area contributed by atoms with Gasteiger partial charge in [0.2, 0.25) is 5.91 Å².